The third-order valence-corrected chi connectivity index (χ3v) is 2.89. The minimum atomic E-state index is -0.167. The number of amides is 1. The summed E-state index contributed by atoms with van der Waals surface area (Å²) in [7, 11) is 0. The normalized spacial score (nSPS) is 12.1. The van der Waals surface area contributed by atoms with E-state index in [1.807, 2.05) is 31.2 Å². The van der Waals surface area contributed by atoms with Gasteiger partial charge in [-0.2, -0.15) is 5.10 Å². The van der Waals surface area contributed by atoms with Gasteiger partial charge in [0.1, 0.15) is 0 Å². The first-order chi connectivity index (χ1) is 8.18. The van der Waals surface area contributed by atoms with Crippen LogP contribution in [0.5, 0.6) is 0 Å². The lowest BCUT2D eigenvalue weighted by Gasteiger charge is -2.11. The highest BCUT2D eigenvalue weighted by Gasteiger charge is 2.11. The lowest BCUT2D eigenvalue weighted by atomic mass is 10.1. The minimum absolute atomic E-state index is 0.167. The van der Waals surface area contributed by atoms with Crippen molar-refractivity contribution in [3.63, 3.8) is 0 Å². The Morgan fingerprint density at radius 2 is 2.24 bits per heavy atom. The second-order valence-electron chi connectivity index (χ2n) is 3.64. The number of halogens is 1. The van der Waals surface area contributed by atoms with Crippen LogP contribution >= 0.6 is 15.9 Å². The molecule has 0 radical (unpaired) electrons. The molecule has 0 aliphatic carbocycles. The highest BCUT2D eigenvalue weighted by Crippen LogP contribution is 2.28. The molecule has 0 bridgehead atoms. The summed E-state index contributed by atoms with van der Waals surface area (Å²) < 4.78 is 0. The van der Waals surface area contributed by atoms with Crippen molar-refractivity contribution >= 4 is 27.5 Å². The number of hydrogen-bond donors (Lipinski definition) is 2. The first-order valence-corrected chi connectivity index (χ1v) is 6.13. The van der Waals surface area contributed by atoms with Gasteiger partial charge in [-0.25, -0.2) is 0 Å². The molecule has 2 N–H and O–H groups in total. The number of hydrogen-bond acceptors (Lipinski definition) is 2. The molecule has 1 amide bonds. The van der Waals surface area contributed by atoms with E-state index in [4.69, 9.17) is 0 Å². The molecule has 0 fully saturated rings. The summed E-state index contributed by atoms with van der Waals surface area (Å²) in [4.78, 5) is 12.0. The van der Waals surface area contributed by atoms with Crippen molar-refractivity contribution in [1.82, 2.24) is 10.2 Å². The fourth-order valence-corrected chi connectivity index (χ4v) is 1.93. The zero-order valence-corrected chi connectivity index (χ0v) is 10.9. The van der Waals surface area contributed by atoms with Crippen LogP contribution in [-0.2, 0) is 0 Å². The second-order valence-corrected chi connectivity index (χ2v) is 5.02. The molecule has 1 heterocycles. The maximum Gasteiger partial charge on any atom is 0.258 e. The van der Waals surface area contributed by atoms with Crippen molar-refractivity contribution in [2.24, 2.45) is 0 Å². The van der Waals surface area contributed by atoms with E-state index in [2.05, 4.69) is 31.4 Å². The lowest BCUT2D eigenvalue weighted by molar-refractivity contribution is 0.102. The second kappa shape index (κ2) is 5.14. The lowest BCUT2D eigenvalue weighted by Crippen LogP contribution is -2.12. The molecular formula is C12H12BrN3O. The van der Waals surface area contributed by atoms with Gasteiger partial charge in [-0.05, 0) is 18.6 Å². The van der Waals surface area contributed by atoms with Crippen LogP contribution in [0.1, 0.15) is 27.7 Å². The Labute approximate surface area is 108 Å². The van der Waals surface area contributed by atoms with Crippen molar-refractivity contribution in [3.05, 3.63) is 47.8 Å². The number of carbonyl (C=O) groups excluding carboxylic acids is 1. The van der Waals surface area contributed by atoms with Crippen molar-refractivity contribution < 1.29 is 4.79 Å². The number of H-pyrrole nitrogens is 1. The average molecular weight is 294 g/mol. The Bertz CT molecular complexity index is 508. The molecule has 17 heavy (non-hydrogen) atoms. The zero-order chi connectivity index (χ0) is 12.3. The standard InChI is InChI=1S/C12H12BrN3O/c1-8(13)10-4-2-3-5-11(10)16-12(17)9-6-14-15-7-9/h2-8H,1H3,(H,14,15)(H,16,17). The Balaban J connectivity index is 2.22. The van der Waals surface area contributed by atoms with Crippen LogP contribution in [0.3, 0.4) is 0 Å². The quantitative estimate of drug-likeness (QED) is 0.854. The molecule has 0 saturated heterocycles. The molecule has 0 aliphatic heterocycles. The van der Waals surface area contributed by atoms with Crippen LogP contribution in [-0.4, -0.2) is 16.1 Å². The van der Waals surface area contributed by atoms with E-state index in [0.717, 1.165) is 11.3 Å². The molecule has 1 aromatic heterocycles. The van der Waals surface area contributed by atoms with Crippen molar-refractivity contribution in [2.45, 2.75) is 11.8 Å². The summed E-state index contributed by atoms with van der Waals surface area (Å²) >= 11 is 3.50. The first-order valence-electron chi connectivity index (χ1n) is 5.21. The number of aromatic amines is 1. The molecule has 2 aromatic rings. The summed E-state index contributed by atoms with van der Waals surface area (Å²) in [5.74, 6) is -0.167. The predicted molar refractivity (Wildman–Crippen MR) is 70.3 cm³/mol. The third kappa shape index (κ3) is 2.74. The summed E-state index contributed by atoms with van der Waals surface area (Å²) in [5, 5.41) is 9.23. The maximum absolute atomic E-state index is 11.9. The molecule has 1 atom stereocenters. The van der Waals surface area contributed by atoms with Crippen LogP contribution in [0, 0.1) is 0 Å². The Morgan fingerprint density at radius 1 is 1.47 bits per heavy atom. The van der Waals surface area contributed by atoms with Gasteiger partial charge in [0.25, 0.3) is 5.91 Å². The van der Waals surface area contributed by atoms with Crippen molar-refractivity contribution in [1.29, 1.82) is 0 Å². The number of para-hydroxylation sites is 1. The monoisotopic (exact) mass is 293 g/mol. The SMILES string of the molecule is CC(Br)c1ccccc1NC(=O)c1cn[nH]c1. The van der Waals surface area contributed by atoms with E-state index >= 15 is 0 Å². The van der Waals surface area contributed by atoms with Gasteiger partial charge >= 0.3 is 0 Å². The summed E-state index contributed by atoms with van der Waals surface area (Å²) in [6, 6.07) is 7.69. The minimum Gasteiger partial charge on any atom is -0.322 e. The zero-order valence-electron chi connectivity index (χ0n) is 9.27. The topological polar surface area (TPSA) is 57.8 Å². The van der Waals surface area contributed by atoms with Crippen LogP contribution in [0.15, 0.2) is 36.7 Å². The molecule has 0 aliphatic rings. The van der Waals surface area contributed by atoms with Gasteiger partial charge in [0, 0.05) is 16.7 Å². The number of carbonyl (C=O) groups is 1. The van der Waals surface area contributed by atoms with Gasteiger partial charge in [-0.1, -0.05) is 34.1 Å². The van der Waals surface area contributed by atoms with E-state index in [1.165, 1.54) is 6.20 Å². The molecule has 1 unspecified atom stereocenters. The summed E-state index contributed by atoms with van der Waals surface area (Å²) in [6.45, 7) is 2.02. The van der Waals surface area contributed by atoms with E-state index in [0.29, 0.717) is 5.56 Å². The summed E-state index contributed by atoms with van der Waals surface area (Å²) in [5.41, 5.74) is 2.37. The molecule has 5 heteroatoms. The Kier molecular flexibility index (Phi) is 3.58. The van der Waals surface area contributed by atoms with Crippen molar-refractivity contribution in [2.75, 3.05) is 5.32 Å². The molecule has 2 rings (SSSR count). The average Bonchev–Trinajstić information content (AvgIpc) is 2.83. The van der Waals surface area contributed by atoms with Crippen LogP contribution in [0.2, 0.25) is 0 Å². The Morgan fingerprint density at radius 3 is 2.88 bits per heavy atom. The fraction of sp³-hybridized carbons (Fsp3) is 0.167. The number of nitrogens with zero attached hydrogens (tertiary/aromatic N) is 1. The molecular weight excluding hydrogens is 282 g/mol. The highest BCUT2D eigenvalue weighted by atomic mass is 79.9. The molecule has 0 saturated carbocycles. The van der Waals surface area contributed by atoms with Gasteiger partial charge < -0.3 is 5.32 Å². The number of nitrogens with one attached hydrogen (secondary N) is 2. The van der Waals surface area contributed by atoms with E-state index in [1.54, 1.807) is 6.20 Å². The van der Waals surface area contributed by atoms with Crippen molar-refractivity contribution in [3.8, 4) is 0 Å². The number of anilines is 1. The predicted octanol–water partition coefficient (Wildman–Crippen LogP) is 3.12. The highest BCUT2D eigenvalue weighted by molar-refractivity contribution is 9.09. The Hall–Kier alpha value is -1.62. The number of aromatic nitrogens is 2. The molecule has 0 spiro atoms. The van der Waals surface area contributed by atoms with E-state index in [9.17, 15) is 4.79 Å². The third-order valence-electron chi connectivity index (χ3n) is 2.40. The summed E-state index contributed by atoms with van der Waals surface area (Å²) in [6.07, 6.45) is 3.06. The number of benzene rings is 1. The van der Waals surface area contributed by atoms with Crippen LogP contribution in [0.4, 0.5) is 5.69 Å². The maximum atomic E-state index is 11.9. The fourth-order valence-electron chi connectivity index (χ4n) is 1.53. The van der Waals surface area contributed by atoms with Crippen LogP contribution in [0.25, 0.3) is 0 Å². The van der Waals surface area contributed by atoms with Gasteiger partial charge in [0.15, 0.2) is 0 Å². The van der Waals surface area contributed by atoms with E-state index in [-0.39, 0.29) is 10.7 Å². The van der Waals surface area contributed by atoms with Gasteiger partial charge in [0.2, 0.25) is 0 Å². The number of rotatable bonds is 3. The molecule has 88 valence electrons. The molecule has 1 aromatic carbocycles. The largest absolute Gasteiger partial charge is 0.322 e. The number of alkyl halides is 1. The van der Waals surface area contributed by atoms with Gasteiger partial charge in [-0.3, -0.25) is 9.89 Å². The smallest absolute Gasteiger partial charge is 0.258 e. The van der Waals surface area contributed by atoms with Crippen LogP contribution < -0.4 is 5.32 Å². The van der Waals surface area contributed by atoms with Gasteiger partial charge in [0.05, 0.1) is 11.8 Å². The molecule has 4 nitrogen and oxygen atoms in total. The van der Waals surface area contributed by atoms with E-state index < -0.39 is 0 Å². The first kappa shape index (κ1) is 11.9. The van der Waals surface area contributed by atoms with Gasteiger partial charge in [-0.15, -0.1) is 0 Å².